The predicted molar refractivity (Wildman–Crippen MR) is 68.4 cm³/mol. The quantitative estimate of drug-likeness (QED) is 0.878. The minimum absolute atomic E-state index is 0.494. The molecule has 2 heterocycles. The van der Waals surface area contributed by atoms with Gasteiger partial charge in [-0.25, -0.2) is 0 Å². The lowest BCUT2D eigenvalue weighted by Gasteiger charge is -2.39. The Hall–Kier alpha value is -0.450. The molecule has 1 aromatic heterocycles. The van der Waals surface area contributed by atoms with Crippen LogP contribution in [0.2, 0.25) is 0 Å². The van der Waals surface area contributed by atoms with Crippen molar-refractivity contribution in [1.82, 2.24) is 9.88 Å². The van der Waals surface area contributed by atoms with Crippen LogP contribution in [0.4, 0.5) is 0 Å². The molecule has 0 aliphatic carbocycles. The summed E-state index contributed by atoms with van der Waals surface area (Å²) in [4.78, 5) is 8.07. The Labute approximate surface area is 102 Å². The lowest BCUT2D eigenvalue weighted by atomic mass is 9.86. The van der Waals surface area contributed by atoms with Crippen LogP contribution in [0.1, 0.15) is 31.2 Å². The van der Waals surface area contributed by atoms with Crippen molar-refractivity contribution in [3.05, 3.63) is 16.6 Å². The first-order valence-corrected chi connectivity index (χ1v) is 6.92. The molecule has 0 saturated carbocycles. The van der Waals surface area contributed by atoms with Gasteiger partial charge >= 0.3 is 0 Å². The van der Waals surface area contributed by atoms with E-state index in [1.54, 1.807) is 11.3 Å². The summed E-state index contributed by atoms with van der Waals surface area (Å²) >= 11 is 1.75. The van der Waals surface area contributed by atoms with Crippen molar-refractivity contribution in [2.75, 3.05) is 19.6 Å². The molecule has 90 valence electrons. The Morgan fingerprint density at radius 2 is 2.50 bits per heavy atom. The summed E-state index contributed by atoms with van der Waals surface area (Å²) < 4.78 is 0. The molecule has 16 heavy (non-hydrogen) atoms. The van der Waals surface area contributed by atoms with Crippen LogP contribution in [-0.4, -0.2) is 29.5 Å². The third-order valence-electron chi connectivity index (χ3n) is 3.86. The number of likely N-dealkylation sites (tertiary alicyclic amines) is 1. The Kier molecular flexibility index (Phi) is 3.95. The van der Waals surface area contributed by atoms with E-state index in [2.05, 4.69) is 23.7 Å². The van der Waals surface area contributed by atoms with Gasteiger partial charge in [0.25, 0.3) is 0 Å². The van der Waals surface area contributed by atoms with Crippen molar-refractivity contribution in [2.24, 2.45) is 17.6 Å². The molecule has 1 aliphatic heterocycles. The van der Waals surface area contributed by atoms with E-state index in [0.29, 0.717) is 12.0 Å². The zero-order valence-corrected chi connectivity index (χ0v) is 10.9. The fourth-order valence-corrected chi connectivity index (χ4v) is 3.16. The van der Waals surface area contributed by atoms with Crippen molar-refractivity contribution >= 4 is 11.3 Å². The first-order valence-electron chi connectivity index (χ1n) is 6.05. The summed E-state index contributed by atoms with van der Waals surface area (Å²) in [5, 5.41) is 0. The summed E-state index contributed by atoms with van der Waals surface area (Å²) in [6, 6.07) is 0.494. The van der Waals surface area contributed by atoms with Gasteiger partial charge in [-0.15, -0.1) is 11.3 Å². The lowest BCUT2D eigenvalue weighted by molar-refractivity contribution is 0.0991. The Balaban J connectivity index is 2.00. The Morgan fingerprint density at radius 1 is 1.69 bits per heavy atom. The number of nitrogens with zero attached hydrogens (tertiary/aromatic N) is 2. The van der Waals surface area contributed by atoms with Crippen LogP contribution in [0.25, 0.3) is 0 Å². The molecule has 1 aliphatic rings. The van der Waals surface area contributed by atoms with Crippen LogP contribution < -0.4 is 5.73 Å². The number of rotatable bonds is 3. The molecule has 1 fully saturated rings. The molecule has 1 aromatic rings. The second kappa shape index (κ2) is 5.25. The first kappa shape index (κ1) is 12.0. The van der Waals surface area contributed by atoms with Crippen LogP contribution in [0.15, 0.2) is 11.7 Å². The highest BCUT2D eigenvalue weighted by Crippen LogP contribution is 2.30. The minimum atomic E-state index is 0.494. The molecular formula is C12H21N3S. The van der Waals surface area contributed by atoms with Gasteiger partial charge in [0.2, 0.25) is 0 Å². The molecule has 2 rings (SSSR count). The van der Waals surface area contributed by atoms with E-state index in [4.69, 9.17) is 5.73 Å². The number of hydrogen-bond donors (Lipinski definition) is 1. The monoisotopic (exact) mass is 239 g/mol. The number of hydrogen-bond acceptors (Lipinski definition) is 4. The van der Waals surface area contributed by atoms with Crippen LogP contribution in [0, 0.1) is 11.8 Å². The first-order chi connectivity index (χ1) is 7.72. The maximum Gasteiger partial charge on any atom is 0.0794 e. The second-order valence-electron chi connectivity index (χ2n) is 4.84. The van der Waals surface area contributed by atoms with Gasteiger partial charge in [0, 0.05) is 23.7 Å². The molecule has 0 radical (unpaired) electrons. The van der Waals surface area contributed by atoms with E-state index in [1.807, 2.05) is 11.7 Å². The molecule has 1 saturated heterocycles. The van der Waals surface area contributed by atoms with E-state index in [1.165, 1.54) is 17.8 Å². The van der Waals surface area contributed by atoms with E-state index in [-0.39, 0.29) is 0 Å². The van der Waals surface area contributed by atoms with Gasteiger partial charge in [0.15, 0.2) is 0 Å². The van der Waals surface area contributed by atoms with Crippen molar-refractivity contribution in [3.63, 3.8) is 0 Å². The van der Waals surface area contributed by atoms with Gasteiger partial charge in [-0.1, -0.05) is 6.92 Å². The molecule has 4 heteroatoms. The molecule has 0 spiro atoms. The summed E-state index contributed by atoms with van der Waals surface area (Å²) in [5.74, 6) is 1.43. The number of aromatic nitrogens is 1. The smallest absolute Gasteiger partial charge is 0.0794 e. The van der Waals surface area contributed by atoms with Gasteiger partial charge in [0.1, 0.15) is 0 Å². The maximum absolute atomic E-state index is 5.84. The van der Waals surface area contributed by atoms with Gasteiger partial charge in [-0.3, -0.25) is 9.88 Å². The SMILES string of the molecule is CC1CCN(C(C)c2cncs2)CC1CN. The molecule has 2 N–H and O–H groups in total. The molecular weight excluding hydrogens is 218 g/mol. The molecule has 0 amide bonds. The Bertz CT molecular complexity index is 312. The predicted octanol–water partition coefficient (Wildman–Crippen LogP) is 2.12. The normalized spacial score (nSPS) is 29.2. The fourth-order valence-electron chi connectivity index (χ4n) is 2.45. The van der Waals surface area contributed by atoms with Gasteiger partial charge in [-0.05, 0) is 38.3 Å². The highest BCUT2D eigenvalue weighted by Gasteiger charge is 2.28. The summed E-state index contributed by atoms with van der Waals surface area (Å²) in [6.07, 6.45) is 3.26. The zero-order valence-electron chi connectivity index (χ0n) is 10.1. The molecule has 3 atom stereocenters. The van der Waals surface area contributed by atoms with Crippen LogP contribution >= 0.6 is 11.3 Å². The third-order valence-corrected chi connectivity index (χ3v) is 4.80. The molecule has 3 nitrogen and oxygen atoms in total. The van der Waals surface area contributed by atoms with E-state index in [9.17, 15) is 0 Å². The van der Waals surface area contributed by atoms with Crippen molar-refractivity contribution in [1.29, 1.82) is 0 Å². The second-order valence-corrected chi connectivity index (χ2v) is 5.75. The largest absolute Gasteiger partial charge is 0.330 e. The van der Waals surface area contributed by atoms with Gasteiger partial charge < -0.3 is 5.73 Å². The number of nitrogens with two attached hydrogens (primary N) is 1. The summed E-state index contributed by atoms with van der Waals surface area (Å²) in [5.41, 5.74) is 7.75. The van der Waals surface area contributed by atoms with Crippen molar-refractivity contribution in [3.8, 4) is 0 Å². The Morgan fingerprint density at radius 3 is 3.12 bits per heavy atom. The van der Waals surface area contributed by atoms with E-state index >= 15 is 0 Å². The van der Waals surface area contributed by atoms with Crippen molar-refractivity contribution in [2.45, 2.75) is 26.3 Å². The minimum Gasteiger partial charge on any atom is -0.330 e. The average molecular weight is 239 g/mol. The molecule has 0 bridgehead atoms. The van der Waals surface area contributed by atoms with Crippen LogP contribution in [-0.2, 0) is 0 Å². The van der Waals surface area contributed by atoms with Crippen LogP contribution in [0.3, 0.4) is 0 Å². The molecule has 0 aromatic carbocycles. The maximum atomic E-state index is 5.84. The lowest BCUT2D eigenvalue weighted by Crippen LogP contribution is -2.43. The van der Waals surface area contributed by atoms with E-state index in [0.717, 1.165) is 19.0 Å². The number of thiazole rings is 1. The summed E-state index contributed by atoms with van der Waals surface area (Å²) in [6.45, 7) is 7.74. The highest BCUT2D eigenvalue weighted by atomic mass is 32.1. The third kappa shape index (κ3) is 2.44. The van der Waals surface area contributed by atoms with E-state index < -0.39 is 0 Å². The fraction of sp³-hybridized carbons (Fsp3) is 0.750. The van der Waals surface area contributed by atoms with Gasteiger partial charge in [-0.2, -0.15) is 0 Å². The van der Waals surface area contributed by atoms with Gasteiger partial charge in [0.05, 0.1) is 5.51 Å². The standard InChI is InChI=1S/C12H21N3S/c1-9-3-4-15(7-11(9)5-13)10(2)12-6-14-8-16-12/h6,8-11H,3-5,7,13H2,1-2H3. The van der Waals surface area contributed by atoms with Crippen molar-refractivity contribution < 1.29 is 0 Å². The zero-order chi connectivity index (χ0) is 11.5. The summed E-state index contributed by atoms with van der Waals surface area (Å²) in [7, 11) is 0. The molecule has 3 unspecified atom stereocenters. The highest BCUT2D eigenvalue weighted by molar-refractivity contribution is 7.09. The topological polar surface area (TPSA) is 42.2 Å². The number of piperidine rings is 1. The van der Waals surface area contributed by atoms with Crippen LogP contribution in [0.5, 0.6) is 0 Å². The average Bonchev–Trinajstić information content (AvgIpc) is 2.82.